The quantitative estimate of drug-likeness (QED) is 0.584. The number of nitrogens with zero attached hydrogens (tertiary/aromatic N) is 1. The van der Waals surface area contributed by atoms with Gasteiger partial charge in [0.25, 0.3) is 0 Å². The van der Waals surface area contributed by atoms with Crippen LogP contribution in [0.1, 0.15) is 15.9 Å². The van der Waals surface area contributed by atoms with E-state index in [9.17, 15) is 9.59 Å². The molecule has 0 unspecified atom stereocenters. The highest BCUT2D eigenvalue weighted by Crippen LogP contribution is 2.38. The van der Waals surface area contributed by atoms with E-state index in [1.165, 1.54) is 0 Å². The van der Waals surface area contributed by atoms with Crippen LogP contribution < -0.4 is 0 Å². The van der Waals surface area contributed by atoms with Crippen molar-refractivity contribution in [3.05, 3.63) is 108 Å². The summed E-state index contributed by atoms with van der Waals surface area (Å²) in [5, 5.41) is 0.286. The van der Waals surface area contributed by atoms with Gasteiger partial charge in [-0.25, -0.2) is 4.99 Å². The maximum Gasteiger partial charge on any atom is 0.227 e. The predicted octanol–water partition coefficient (Wildman–Crippen LogP) is 5.33. The van der Waals surface area contributed by atoms with Crippen LogP contribution in [-0.2, 0) is 4.79 Å². The first kappa shape index (κ1) is 17.2. The third-order valence-electron chi connectivity index (χ3n) is 4.17. The van der Waals surface area contributed by atoms with Crippen molar-refractivity contribution in [2.24, 2.45) is 4.99 Å². The van der Waals surface area contributed by atoms with E-state index in [-0.39, 0.29) is 10.9 Å². The minimum Gasteiger partial charge on any atom is -0.288 e. The Morgan fingerprint density at radius 1 is 0.741 bits per heavy atom. The number of aliphatic imine (C=N–C) groups is 1. The Morgan fingerprint density at radius 2 is 1.30 bits per heavy atom. The number of carbonyl (C=O) groups excluding carboxylic acids is 2. The fraction of sp³-hybridized carbons (Fsp3) is 0. The first-order valence-electron chi connectivity index (χ1n) is 8.50. The molecule has 1 heterocycles. The average molecular weight is 369 g/mol. The van der Waals surface area contributed by atoms with Gasteiger partial charge in [-0.15, -0.1) is 0 Å². The van der Waals surface area contributed by atoms with Crippen LogP contribution in [0.25, 0.3) is 5.57 Å². The van der Waals surface area contributed by atoms with Crippen molar-refractivity contribution < 1.29 is 9.59 Å². The molecule has 0 amide bonds. The first-order chi connectivity index (χ1) is 13.2. The average Bonchev–Trinajstić information content (AvgIpc) is 3.05. The molecule has 0 fully saturated rings. The minimum atomic E-state index is -0.192. The lowest BCUT2D eigenvalue weighted by Crippen LogP contribution is -2.09. The SMILES string of the molecule is O=C1SC(=Nc2ccccc2)C(C(=O)c2ccccc2)=C1c1ccccc1. The summed E-state index contributed by atoms with van der Waals surface area (Å²) >= 11 is 1.01. The smallest absolute Gasteiger partial charge is 0.227 e. The van der Waals surface area contributed by atoms with Gasteiger partial charge < -0.3 is 0 Å². The molecule has 130 valence electrons. The molecule has 4 heteroatoms. The molecule has 0 atom stereocenters. The number of rotatable bonds is 4. The van der Waals surface area contributed by atoms with Crippen molar-refractivity contribution in [1.82, 2.24) is 0 Å². The lowest BCUT2D eigenvalue weighted by molar-refractivity contribution is -0.106. The van der Waals surface area contributed by atoms with Gasteiger partial charge in [-0.1, -0.05) is 78.9 Å². The van der Waals surface area contributed by atoms with Crippen molar-refractivity contribution in [1.29, 1.82) is 0 Å². The molecule has 3 aromatic rings. The van der Waals surface area contributed by atoms with Gasteiger partial charge in [0, 0.05) is 5.56 Å². The molecule has 0 spiro atoms. The molecular formula is C23H15NO2S. The zero-order chi connectivity index (χ0) is 18.6. The van der Waals surface area contributed by atoms with Crippen LogP contribution in [0.3, 0.4) is 0 Å². The number of carbonyl (C=O) groups is 2. The van der Waals surface area contributed by atoms with Gasteiger partial charge in [0.1, 0.15) is 5.04 Å². The fourth-order valence-electron chi connectivity index (χ4n) is 2.91. The molecular weight excluding hydrogens is 354 g/mol. The number of hydrogen-bond donors (Lipinski definition) is 0. The molecule has 3 aromatic carbocycles. The lowest BCUT2D eigenvalue weighted by Gasteiger charge is -2.06. The van der Waals surface area contributed by atoms with Crippen LogP contribution in [0.4, 0.5) is 5.69 Å². The van der Waals surface area contributed by atoms with Crippen LogP contribution in [0, 0.1) is 0 Å². The largest absolute Gasteiger partial charge is 0.288 e. The van der Waals surface area contributed by atoms with E-state index < -0.39 is 0 Å². The van der Waals surface area contributed by atoms with Gasteiger partial charge in [0.2, 0.25) is 5.12 Å². The first-order valence-corrected chi connectivity index (χ1v) is 9.31. The van der Waals surface area contributed by atoms with E-state index in [1.54, 1.807) is 12.1 Å². The molecule has 1 aliphatic rings. The van der Waals surface area contributed by atoms with Gasteiger partial charge in [-0.05, 0) is 29.5 Å². The van der Waals surface area contributed by atoms with Crippen LogP contribution >= 0.6 is 11.8 Å². The highest BCUT2D eigenvalue weighted by atomic mass is 32.2. The molecule has 3 nitrogen and oxygen atoms in total. The molecule has 0 radical (unpaired) electrons. The Balaban J connectivity index is 1.91. The maximum absolute atomic E-state index is 13.3. The number of hydrogen-bond acceptors (Lipinski definition) is 4. The number of Topliss-reactive ketones (excluding diaryl/α,β-unsaturated/α-hetero) is 1. The van der Waals surface area contributed by atoms with Crippen LogP contribution in [-0.4, -0.2) is 15.9 Å². The lowest BCUT2D eigenvalue weighted by atomic mass is 9.95. The number of para-hydroxylation sites is 1. The Hall–Kier alpha value is -3.24. The van der Waals surface area contributed by atoms with Gasteiger partial charge in [0.05, 0.1) is 16.8 Å². The number of benzene rings is 3. The summed E-state index contributed by atoms with van der Waals surface area (Å²) in [6.45, 7) is 0. The third-order valence-corrected chi connectivity index (χ3v) is 5.05. The summed E-state index contributed by atoms with van der Waals surface area (Å²) in [6.07, 6.45) is 0. The molecule has 0 aromatic heterocycles. The highest BCUT2D eigenvalue weighted by Gasteiger charge is 2.35. The summed E-state index contributed by atoms with van der Waals surface area (Å²) in [7, 11) is 0. The van der Waals surface area contributed by atoms with E-state index in [1.807, 2.05) is 78.9 Å². The zero-order valence-corrected chi connectivity index (χ0v) is 15.1. The Bertz CT molecular complexity index is 1060. The third kappa shape index (κ3) is 3.52. The molecule has 1 aliphatic heterocycles. The molecule has 0 bridgehead atoms. The van der Waals surface area contributed by atoms with Crippen molar-refractivity contribution in [2.75, 3.05) is 0 Å². The Morgan fingerprint density at radius 3 is 1.93 bits per heavy atom. The van der Waals surface area contributed by atoms with Crippen molar-refractivity contribution in [2.45, 2.75) is 0 Å². The van der Waals surface area contributed by atoms with Gasteiger partial charge >= 0.3 is 0 Å². The van der Waals surface area contributed by atoms with Crippen molar-refractivity contribution in [3.8, 4) is 0 Å². The van der Waals surface area contributed by atoms with E-state index in [0.29, 0.717) is 27.4 Å². The van der Waals surface area contributed by atoms with E-state index >= 15 is 0 Å². The molecule has 0 aliphatic carbocycles. The Kier molecular flexibility index (Phi) is 4.81. The van der Waals surface area contributed by atoms with Crippen molar-refractivity contribution in [3.63, 3.8) is 0 Å². The molecule has 27 heavy (non-hydrogen) atoms. The summed E-state index contributed by atoms with van der Waals surface area (Å²) in [5.74, 6) is -0.192. The van der Waals surface area contributed by atoms with E-state index in [0.717, 1.165) is 17.3 Å². The topological polar surface area (TPSA) is 46.5 Å². The van der Waals surface area contributed by atoms with Crippen molar-refractivity contribution >= 4 is 39.0 Å². The molecule has 0 saturated heterocycles. The summed E-state index contributed by atoms with van der Waals surface area (Å²) in [6, 6.07) is 27.6. The normalized spacial score (nSPS) is 15.4. The van der Waals surface area contributed by atoms with E-state index in [2.05, 4.69) is 4.99 Å². The minimum absolute atomic E-state index is 0.157. The Labute approximate surface area is 161 Å². The van der Waals surface area contributed by atoms with Gasteiger partial charge in [-0.2, -0.15) is 0 Å². The highest BCUT2D eigenvalue weighted by molar-refractivity contribution is 8.28. The number of ketones is 1. The monoisotopic (exact) mass is 369 g/mol. The molecule has 0 saturated carbocycles. The second-order valence-corrected chi connectivity index (χ2v) is 6.91. The molecule has 4 rings (SSSR count). The van der Waals surface area contributed by atoms with Gasteiger partial charge in [-0.3, -0.25) is 9.59 Å². The van der Waals surface area contributed by atoms with E-state index in [4.69, 9.17) is 0 Å². The van der Waals surface area contributed by atoms with Crippen LogP contribution in [0.15, 0.2) is 102 Å². The maximum atomic E-state index is 13.3. The summed E-state index contributed by atoms with van der Waals surface area (Å²) in [4.78, 5) is 30.7. The van der Waals surface area contributed by atoms with Crippen LogP contribution in [0.5, 0.6) is 0 Å². The predicted molar refractivity (Wildman–Crippen MR) is 110 cm³/mol. The summed E-state index contributed by atoms with van der Waals surface area (Å²) < 4.78 is 0. The van der Waals surface area contributed by atoms with Crippen LogP contribution in [0.2, 0.25) is 0 Å². The second-order valence-electron chi connectivity index (χ2n) is 5.95. The number of thioether (sulfide) groups is 1. The zero-order valence-electron chi connectivity index (χ0n) is 14.3. The summed E-state index contributed by atoms with van der Waals surface area (Å²) in [5.41, 5.74) is 2.76. The molecule has 0 N–H and O–H groups in total. The standard InChI is InChI=1S/C23H15NO2S/c25-21(17-12-6-2-7-13-17)20-19(16-10-4-1-5-11-16)23(26)27-22(20)24-18-14-8-3-9-15-18/h1-15H. The van der Waals surface area contributed by atoms with Gasteiger partial charge in [0.15, 0.2) is 5.78 Å². The fourth-order valence-corrected chi connectivity index (χ4v) is 3.85. The second kappa shape index (κ2) is 7.56.